The maximum Gasteiger partial charge on any atom is 0.208 e. The molecule has 0 spiro atoms. The van der Waals surface area contributed by atoms with Crippen LogP contribution in [-0.2, 0) is 16.6 Å². The third-order valence-corrected chi connectivity index (χ3v) is 3.39. The molecule has 0 amide bonds. The highest BCUT2D eigenvalue weighted by Crippen LogP contribution is 2.04. The number of guanidine groups is 1. The molecule has 0 radical (unpaired) electrons. The van der Waals surface area contributed by atoms with Crippen molar-refractivity contribution in [1.29, 1.82) is 0 Å². The van der Waals surface area contributed by atoms with Crippen molar-refractivity contribution < 1.29 is 12.8 Å². The summed E-state index contributed by atoms with van der Waals surface area (Å²) in [6.45, 7) is 3.97. The average molecular weight is 458 g/mol. The molecule has 1 aromatic carbocycles. The molecule has 0 aliphatic rings. The molecule has 23 heavy (non-hydrogen) atoms. The number of sulfonamides is 1. The smallest absolute Gasteiger partial charge is 0.208 e. The Morgan fingerprint density at radius 3 is 2.61 bits per heavy atom. The van der Waals surface area contributed by atoms with E-state index in [4.69, 9.17) is 0 Å². The number of benzene rings is 1. The van der Waals surface area contributed by atoms with Crippen LogP contribution in [-0.4, -0.2) is 40.3 Å². The van der Waals surface area contributed by atoms with E-state index >= 15 is 0 Å². The lowest BCUT2D eigenvalue weighted by atomic mass is 10.2. The molecule has 132 valence electrons. The maximum atomic E-state index is 13.1. The van der Waals surface area contributed by atoms with Gasteiger partial charge in [0.25, 0.3) is 0 Å². The first-order valence-corrected chi connectivity index (χ1v) is 9.01. The SMILES string of the molecule is CCNC(=NCc1cccc(F)c1)NCCCNS(C)(=O)=O.I. The second-order valence-corrected chi connectivity index (χ2v) is 6.60. The second kappa shape index (κ2) is 11.6. The molecule has 0 aliphatic carbocycles. The van der Waals surface area contributed by atoms with E-state index in [1.807, 2.05) is 13.0 Å². The highest BCUT2D eigenvalue weighted by Gasteiger charge is 2.01. The predicted octanol–water partition coefficient (Wildman–Crippen LogP) is 1.44. The maximum absolute atomic E-state index is 13.1. The van der Waals surface area contributed by atoms with E-state index in [0.717, 1.165) is 11.8 Å². The molecular weight excluding hydrogens is 434 g/mol. The first kappa shape index (κ1) is 22.1. The molecule has 0 bridgehead atoms. The lowest BCUT2D eigenvalue weighted by molar-refractivity contribution is 0.584. The predicted molar refractivity (Wildman–Crippen MR) is 102 cm³/mol. The highest BCUT2D eigenvalue weighted by molar-refractivity contribution is 14.0. The molecule has 0 heterocycles. The highest BCUT2D eigenvalue weighted by atomic mass is 127. The zero-order valence-corrected chi connectivity index (χ0v) is 16.4. The van der Waals surface area contributed by atoms with Crippen LogP contribution in [0.25, 0.3) is 0 Å². The third kappa shape index (κ3) is 11.3. The lowest BCUT2D eigenvalue weighted by Crippen LogP contribution is -2.38. The van der Waals surface area contributed by atoms with Gasteiger partial charge in [-0.1, -0.05) is 12.1 Å². The number of hydrogen-bond acceptors (Lipinski definition) is 3. The van der Waals surface area contributed by atoms with Crippen molar-refractivity contribution in [2.45, 2.75) is 19.9 Å². The zero-order valence-electron chi connectivity index (χ0n) is 13.3. The molecule has 0 saturated carbocycles. The molecule has 3 N–H and O–H groups in total. The van der Waals surface area contributed by atoms with Crippen molar-refractivity contribution in [3.8, 4) is 0 Å². The van der Waals surface area contributed by atoms with Crippen LogP contribution in [0.5, 0.6) is 0 Å². The second-order valence-electron chi connectivity index (χ2n) is 4.77. The summed E-state index contributed by atoms with van der Waals surface area (Å²) in [7, 11) is -3.14. The van der Waals surface area contributed by atoms with Crippen LogP contribution in [0.4, 0.5) is 4.39 Å². The molecule has 0 saturated heterocycles. The summed E-state index contributed by atoms with van der Waals surface area (Å²) in [4.78, 5) is 4.36. The number of rotatable bonds is 8. The van der Waals surface area contributed by atoms with Gasteiger partial charge in [-0.15, -0.1) is 24.0 Å². The van der Waals surface area contributed by atoms with E-state index in [9.17, 15) is 12.8 Å². The van der Waals surface area contributed by atoms with Gasteiger partial charge >= 0.3 is 0 Å². The Kier molecular flexibility index (Phi) is 11.1. The first-order chi connectivity index (χ1) is 10.4. The van der Waals surface area contributed by atoms with Crippen LogP contribution < -0.4 is 15.4 Å². The number of nitrogens with zero attached hydrogens (tertiary/aromatic N) is 1. The van der Waals surface area contributed by atoms with Gasteiger partial charge in [0.05, 0.1) is 12.8 Å². The summed E-state index contributed by atoms with van der Waals surface area (Å²) in [5.74, 6) is 0.337. The van der Waals surface area contributed by atoms with Gasteiger partial charge < -0.3 is 10.6 Å². The van der Waals surface area contributed by atoms with Crippen LogP contribution in [0, 0.1) is 5.82 Å². The van der Waals surface area contributed by atoms with Gasteiger partial charge in [-0.3, -0.25) is 0 Å². The monoisotopic (exact) mass is 458 g/mol. The minimum Gasteiger partial charge on any atom is -0.357 e. The summed E-state index contributed by atoms with van der Waals surface area (Å²) >= 11 is 0. The average Bonchev–Trinajstić information content (AvgIpc) is 2.43. The normalized spacial score (nSPS) is 11.7. The molecule has 0 aromatic heterocycles. The summed E-state index contributed by atoms with van der Waals surface area (Å²) in [5.41, 5.74) is 0.788. The van der Waals surface area contributed by atoms with Crippen molar-refractivity contribution in [3.05, 3.63) is 35.6 Å². The van der Waals surface area contributed by atoms with Crippen LogP contribution in [0.2, 0.25) is 0 Å². The summed E-state index contributed by atoms with van der Waals surface area (Å²) in [6, 6.07) is 6.30. The van der Waals surface area contributed by atoms with Gasteiger partial charge in [-0.05, 0) is 31.0 Å². The van der Waals surface area contributed by atoms with Gasteiger partial charge in [0, 0.05) is 19.6 Å². The summed E-state index contributed by atoms with van der Waals surface area (Å²) in [6.07, 6.45) is 1.77. The Hall–Kier alpha value is -0.940. The van der Waals surface area contributed by atoms with E-state index in [0.29, 0.717) is 38.6 Å². The fourth-order valence-corrected chi connectivity index (χ4v) is 2.22. The van der Waals surface area contributed by atoms with Crippen LogP contribution in [0.15, 0.2) is 29.3 Å². The number of nitrogens with one attached hydrogen (secondary N) is 3. The molecule has 0 atom stereocenters. The minimum atomic E-state index is -3.14. The molecule has 6 nitrogen and oxygen atoms in total. The molecule has 0 fully saturated rings. The van der Waals surface area contributed by atoms with Gasteiger partial charge in [-0.2, -0.15) is 0 Å². The third-order valence-electron chi connectivity index (χ3n) is 2.66. The largest absolute Gasteiger partial charge is 0.357 e. The minimum absolute atomic E-state index is 0. The molecule has 0 aliphatic heterocycles. The van der Waals surface area contributed by atoms with Gasteiger partial charge in [0.2, 0.25) is 10.0 Å². The molecular formula is C14H24FIN4O2S. The topological polar surface area (TPSA) is 82.6 Å². The molecule has 1 aromatic rings. The first-order valence-electron chi connectivity index (χ1n) is 7.12. The number of aliphatic imine (C=N–C) groups is 1. The van der Waals surface area contributed by atoms with Crippen LogP contribution in [0.3, 0.4) is 0 Å². The van der Waals surface area contributed by atoms with Crippen molar-refractivity contribution in [2.24, 2.45) is 4.99 Å². The molecule has 9 heteroatoms. The number of halogens is 2. The molecule has 1 rings (SSSR count). The summed E-state index contributed by atoms with van der Waals surface area (Å²) in [5, 5.41) is 6.18. The van der Waals surface area contributed by atoms with E-state index in [1.54, 1.807) is 6.07 Å². The number of hydrogen-bond donors (Lipinski definition) is 3. The Labute approximate surface area is 154 Å². The van der Waals surface area contributed by atoms with Crippen molar-refractivity contribution in [1.82, 2.24) is 15.4 Å². The Morgan fingerprint density at radius 1 is 1.26 bits per heavy atom. The van der Waals surface area contributed by atoms with E-state index < -0.39 is 10.0 Å². The Balaban J connectivity index is 0.00000484. The van der Waals surface area contributed by atoms with E-state index in [1.165, 1.54) is 12.1 Å². The fraction of sp³-hybridized carbons (Fsp3) is 0.500. The van der Waals surface area contributed by atoms with E-state index in [2.05, 4.69) is 20.3 Å². The lowest BCUT2D eigenvalue weighted by Gasteiger charge is -2.11. The fourth-order valence-electron chi connectivity index (χ4n) is 1.70. The van der Waals surface area contributed by atoms with Gasteiger partial charge in [-0.25, -0.2) is 22.5 Å². The summed E-state index contributed by atoms with van der Waals surface area (Å²) < 4.78 is 37.3. The van der Waals surface area contributed by atoms with Crippen molar-refractivity contribution in [2.75, 3.05) is 25.9 Å². The molecule has 0 unspecified atom stereocenters. The van der Waals surface area contributed by atoms with E-state index in [-0.39, 0.29) is 29.8 Å². The zero-order chi connectivity index (χ0) is 16.4. The van der Waals surface area contributed by atoms with Crippen LogP contribution in [0.1, 0.15) is 18.9 Å². The van der Waals surface area contributed by atoms with Gasteiger partial charge in [0.1, 0.15) is 5.82 Å². The van der Waals surface area contributed by atoms with Gasteiger partial charge in [0.15, 0.2) is 5.96 Å². The van der Waals surface area contributed by atoms with Crippen LogP contribution >= 0.6 is 24.0 Å². The van der Waals surface area contributed by atoms with Crippen molar-refractivity contribution in [3.63, 3.8) is 0 Å². The quantitative estimate of drug-likeness (QED) is 0.238. The van der Waals surface area contributed by atoms with Crippen molar-refractivity contribution >= 4 is 40.0 Å². The Morgan fingerprint density at radius 2 is 2.00 bits per heavy atom. The Bertz CT molecular complexity index is 596. The standard InChI is InChI=1S/C14H23FN4O2S.HI/c1-3-16-14(17-8-5-9-19-22(2,20)21)18-11-12-6-4-7-13(15)10-12;/h4,6-7,10,19H,3,5,8-9,11H2,1-2H3,(H2,16,17,18);1H.